The predicted molar refractivity (Wildman–Crippen MR) is 85.1 cm³/mol. The van der Waals surface area contributed by atoms with Gasteiger partial charge in [0.05, 0.1) is 10.9 Å². The first-order chi connectivity index (χ1) is 8.56. The summed E-state index contributed by atoms with van der Waals surface area (Å²) in [4.78, 5) is 7.64. The fourth-order valence-electron chi connectivity index (χ4n) is 1.45. The molecule has 102 valence electrons. The van der Waals surface area contributed by atoms with Crippen LogP contribution < -0.4 is 5.32 Å². The van der Waals surface area contributed by atoms with Crippen molar-refractivity contribution in [2.24, 2.45) is 4.99 Å². The van der Waals surface area contributed by atoms with E-state index in [0.717, 1.165) is 23.4 Å². The van der Waals surface area contributed by atoms with E-state index in [0.29, 0.717) is 5.25 Å². The summed E-state index contributed by atoms with van der Waals surface area (Å²) in [7, 11) is 3.84. The first-order valence-electron chi connectivity index (χ1n) is 5.75. The number of nitrogens with zero attached hydrogens (tertiary/aromatic N) is 2. The number of halogens is 1. The molecular formula is C12H20ClN3S2. The third-order valence-corrected chi connectivity index (χ3v) is 4.73. The van der Waals surface area contributed by atoms with E-state index < -0.39 is 0 Å². The van der Waals surface area contributed by atoms with Crippen molar-refractivity contribution in [2.75, 3.05) is 26.9 Å². The standard InChI is InChI=1S/C12H20ClN3S2/c1-9(17-4)7-15-12(14-2)16(3)8-10-5-6-11(13)18-10/h5-6,9H,7-8H2,1-4H3,(H,14,15). The molecule has 1 heterocycles. The Morgan fingerprint density at radius 2 is 2.33 bits per heavy atom. The van der Waals surface area contributed by atoms with Crippen LogP contribution in [0.2, 0.25) is 4.34 Å². The average molecular weight is 306 g/mol. The summed E-state index contributed by atoms with van der Waals surface area (Å²) >= 11 is 9.38. The molecule has 1 atom stereocenters. The van der Waals surface area contributed by atoms with Crippen molar-refractivity contribution in [3.63, 3.8) is 0 Å². The van der Waals surface area contributed by atoms with Crippen LogP contribution in [0.1, 0.15) is 11.8 Å². The van der Waals surface area contributed by atoms with E-state index in [2.05, 4.69) is 34.5 Å². The zero-order valence-corrected chi connectivity index (χ0v) is 13.6. The molecule has 0 saturated carbocycles. The number of aliphatic imine (C=N–C) groups is 1. The van der Waals surface area contributed by atoms with Crippen molar-refractivity contribution >= 4 is 40.7 Å². The minimum Gasteiger partial charge on any atom is -0.355 e. The van der Waals surface area contributed by atoms with E-state index in [-0.39, 0.29) is 0 Å². The molecule has 1 aromatic heterocycles. The lowest BCUT2D eigenvalue weighted by atomic mass is 10.4. The van der Waals surface area contributed by atoms with Crippen LogP contribution in [0.5, 0.6) is 0 Å². The van der Waals surface area contributed by atoms with E-state index in [1.54, 1.807) is 11.3 Å². The van der Waals surface area contributed by atoms with Gasteiger partial charge in [-0.25, -0.2) is 0 Å². The number of hydrogen-bond donors (Lipinski definition) is 1. The fourth-order valence-corrected chi connectivity index (χ4v) is 2.84. The van der Waals surface area contributed by atoms with Crippen molar-refractivity contribution in [2.45, 2.75) is 18.7 Å². The van der Waals surface area contributed by atoms with Crippen molar-refractivity contribution in [1.29, 1.82) is 0 Å². The zero-order chi connectivity index (χ0) is 13.5. The van der Waals surface area contributed by atoms with Crippen LogP contribution in [0, 0.1) is 0 Å². The summed E-state index contributed by atoms with van der Waals surface area (Å²) in [6.07, 6.45) is 2.12. The molecule has 0 aliphatic heterocycles. The van der Waals surface area contributed by atoms with Crippen LogP contribution in [0.15, 0.2) is 17.1 Å². The van der Waals surface area contributed by atoms with Gasteiger partial charge in [-0.15, -0.1) is 11.3 Å². The molecule has 0 fully saturated rings. The molecule has 0 spiro atoms. The molecule has 1 aromatic rings. The molecule has 0 aliphatic carbocycles. The molecule has 1 N–H and O–H groups in total. The maximum absolute atomic E-state index is 5.93. The molecule has 0 amide bonds. The normalized spacial score (nSPS) is 13.5. The summed E-state index contributed by atoms with van der Waals surface area (Å²) in [6.45, 7) is 3.94. The fraction of sp³-hybridized carbons (Fsp3) is 0.583. The molecule has 6 heteroatoms. The van der Waals surface area contributed by atoms with Gasteiger partial charge in [-0.1, -0.05) is 18.5 Å². The highest BCUT2D eigenvalue weighted by Gasteiger charge is 2.09. The van der Waals surface area contributed by atoms with E-state index in [1.807, 2.05) is 31.9 Å². The average Bonchev–Trinajstić information content (AvgIpc) is 2.75. The van der Waals surface area contributed by atoms with Gasteiger partial charge in [-0.3, -0.25) is 4.99 Å². The lowest BCUT2D eigenvalue weighted by Crippen LogP contribution is -2.40. The first-order valence-corrected chi connectivity index (χ1v) is 8.23. The SMILES string of the molecule is CN=C(NCC(C)SC)N(C)Cc1ccc(Cl)s1. The molecular weight excluding hydrogens is 286 g/mol. The van der Waals surface area contributed by atoms with Gasteiger partial charge in [0.25, 0.3) is 0 Å². The molecule has 0 aromatic carbocycles. The van der Waals surface area contributed by atoms with Gasteiger partial charge >= 0.3 is 0 Å². The largest absolute Gasteiger partial charge is 0.355 e. The van der Waals surface area contributed by atoms with Crippen molar-refractivity contribution < 1.29 is 0 Å². The van der Waals surface area contributed by atoms with Gasteiger partial charge in [0.2, 0.25) is 0 Å². The molecule has 3 nitrogen and oxygen atoms in total. The van der Waals surface area contributed by atoms with Crippen molar-refractivity contribution in [3.8, 4) is 0 Å². The second kappa shape index (κ2) is 7.92. The molecule has 0 bridgehead atoms. The molecule has 1 rings (SSSR count). The number of thiophene rings is 1. The minimum atomic E-state index is 0.575. The Balaban J connectivity index is 2.49. The maximum atomic E-state index is 5.93. The Hall–Kier alpha value is -0.390. The maximum Gasteiger partial charge on any atom is 0.193 e. The molecule has 0 aliphatic rings. The highest BCUT2D eigenvalue weighted by atomic mass is 35.5. The number of guanidine groups is 1. The van der Waals surface area contributed by atoms with Gasteiger partial charge in [0.15, 0.2) is 5.96 Å². The summed E-state index contributed by atoms with van der Waals surface area (Å²) in [5.41, 5.74) is 0. The number of thioether (sulfide) groups is 1. The monoisotopic (exact) mass is 305 g/mol. The van der Waals surface area contributed by atoms with Gasteiger partial charge in [0.1, 0.15) is 0 Å². The van der Waals surface area contributed by atoms with Gasteiger partial charge in [-0.05, 0) is 18.4 Å². The van der Waals surface area contributed by atoms with Gasteiger partial charge in [-0.2, -0.15) is 11.8 Å². The Morgan fingerprint density at radius 1 is 1.61 bits per heavy atom. The summed E-state index contributed by atoms with van der Waals surface area (Å²) in [6, 6.07) is 3.99. The Bertz CT molecular complexity index is 392. The molecule has 1 unspecified atom stereocenters. The lowest BCUT2D eigenvalue weighted by molar-refractivity contribution is 0.482. The second-order valence-corrected chi connectivity index (χ2v) is 7.11. The van der Waals surface area contributed by atoms with Crippen molar-refractivity contribution in [3.05, 3.63) is 21.3 Å². The van der Waals surface area contributed by atoms with Crippen LogP contribution in [-0.2, 0) is 6.54 Å². The Labute approximate surface area is 123 Å². The molecule has 18 heavy (non-hydrogen) atoms. The number of nitrogens with one attached hydrogen (secondary N) is 1. The smallest absolute Gasteiger partial charge is 0.193 e. The number of rotatable bonds is 5. The minimum absolute atomic E-state index is 0.575. The molecule has 0 saturated heterocycles. The van der Waals surface area contributed by atoms with E-state index in [4.69, 9.17) is 11.6 Å². The predicted octanol–water partition coefficient (Wildman–Crippen LogP) is 3.16. The third-order valence-electron chi connectivity index (χ3n) is 2.55. The second-order valence-electron chi connectivity index (χ2n) is 4.04. The zero-order valence-electron chi connectivity index (χ0n) is 11.2. The lowest BCUT2D eigenvalue weighted by Gasteiger charge is -2.22. The quantitative estimate of drug-likeness (QED) is 0.669. The molecule has 0 radical (unpaired) electrons. The van der Waals surface area contributed by atoms with E-state index in [9.17, 15) is 0 Å². The summed E-state index contributed by atoms with van der Waals surface area (Å²) in [5.74, 6) is 0.917. The van der Waals surface area contributed by atoms with E-state index >= 15 is 0 Å². The van der Waals surface area contributed by atoms with Crippen LogP contribution in [0.3, 0.4) is 0 Å². The number of hydrogen-bond acceptors (Lipinski definition) is 3. The Kier molecular flexibility index (Phi) is 6.89. The Morgan fingerprint density at radius 3 is 2.83 bits per heavy atom. The third kappa shape index (κ3) is 5.08. The summed E-state index contributed by atoms with van der Waals surface area (Å²) in [5, 5.41) is 3.95. The van der Waals surface area contributed by atoms with Gasteiger partial charge < -0.3 is 10.2 Å². The first kappa shape index (κ1) is 15.7. The highest BCUT2D eigenvalue weighted by molar-refractivity contribution is 7.99. The van der Waals surface area contributed by atoms with Crippen molar-refractivity contribution in [1.82, 2.24) is 10.2 Å². The van der Waals surface area contributed by atoms with Gasteiger partial charge in [0, 0.05) is 30.8 Å². The van der Waals surface area contributed by atoms with Crippen LogP contribution in [0.25, 0.3) is 0 Å². The highest BCUT2D eigenvalue weighted by Crippen LogP contribution is 2.22. The van der Waals surface area contributed by atoms with Crippen LogP contribution >= 0.6 is 34.7 Å². The topological polar surface area (TPSA) is 27.6 Å². The van der Waals surface area contributed by atoms with Crippen LogP contribution in [0.4, 0.5) is 0 Å². The van der Waals surface area contributed by atoms with Crippen LogP contribution in [-0.4, -0.2) is 43.0 Å². The van der Waals surface area contributed by atoms with E-state index in [1.165, 1.54) is 4.88 Å². The summed E-state index contributed by atoms with van der Waals surface area (Å²) < 4.78 is 0.831.